The number of carboxylic acids is 1. The van der Waals surface area contributed by atoms with Crippen LogP contribution in [0.3, 0.4) is 0 Å². The van der Waals surface area contributed by atoms with Crippen LogP contribution in [-0.4, -0.2) is 64.7 Å². The fourth-order valence-corrected chi connectivity index (χ4v) is 4.52. The number of hydrogen-bond acceptors (Lipinski definition) is 6. The van der Waals surface area contributed by atoms with Gasteiger partial charge in [0, 0.05) is 12.1 Å². The zero-order chi connectivity index (χ0) is 28.4. The highest BCUT2D eigenvalue weighted by Crippen LogP contribution is 2.22. The van der Waals surface area contributed by atoms with Gasteiger partial charge in [0.1, 0.15) is 30.7 Å². The monoisotopic (exact) mass is 537 g/mol. The topological polar surface area (TPSA) is 142 Å². The van der Waals surface area contributed by atoms with Crippen molar-refractivity contribution in [3.63, 3.8) is 0 Å². The number of benzene rings is 2. The van der Waals surface area contributed by atoms with Crippen molar-refractivity contribution in [1.29, 1.82) is 0 Å². The normalized spacial score (nSPS) is 16.3. The molecule has 1 unspecified atom stereocenters. The Balaban J connectivity index is 1.65. The third kappa shape index (κ3) is 8.39. The van der Waals surface area contributed by atoms with Crippen molar-refractivity contribution in [1.82, 2.24) is 15.5 Å². The Bertz CT molecular complexity index is 1170. The molecule has 0 spiro atoms. The number of carboxylic acid groups (broad SMARTS) is 1. The minimum atomic E-state index is -1.22. The predicted octanol–water partition coefficient (Wildman–Crippen LogP) is 2.10. The minimum Gasteiger partial charge on any atom is -0.489 e. The standard InChI is InChI=1S/C29H35N3O7/c1-19(2)27(29(38)32-14-8-12-23(32)28(37)30-22(17-33)16-26(35)36)31-25(34)15-21-11-6-7-13-24(21)39-18-20-9-4-3-5-10-20/h3-7,9-11,13,17,19,22-23,27H,8,12,14-16,18H2,1-2H3,(H,30,37)(H,31,34)(H,35,36)/t22-,23?,27-/m0/s1. The van der Waals surface area contributed by atoms with Crippen LogP contribution < -0.4 is 15.4 Å². The molecule has 0 aromatic heterocycles. The molecule has 3 rings (SSSR count). The molecule has 1 fully saturated rings. The van der Waals surface area contributed by atoms with Gasteiger partial charge >= 0.3 is 5.97 Å². The molecular weight excluding hydrogens is 502 g/mol. The lowest BCUT2D eigenvalue weighted by atomic mass is 10.0. The van der Waals surface area contributed by atoms with Crippen LogP contribution in [0.4, 0.5) is 0 Å². The molecular formula is C29H35N3O7. The summed E-state index contributed by atoms with van der Waals surface area (Å²) in [6, 6.07) is 14.0. The Morgan fingerprint density at radius 3 is 2.41 bits per heavy atom. The van der Waals surface area contributed by atoms with Crippen LogP contribution in [-0.2, 0) is 37.0 Å². The van der Waals surface area contributed by atoms with E-state index in [1.165, 1.54) is 4.90 Å². The third-order valence-corrected chi connectivity index (χ3v) is 6.53. The third-order valence-electron chi connectivity index (χ3n) is 6.53. The molecule has 10 heteroatoms. The second-order valence-corrected chi connectivity index (χ2v) is 9.89. The fraction of sp³-hybridized carbons (Fsp3) is 0.414. The van der Waals surface area contributed by atoms with E-state index in [0.717, 1.165) is 5.56 Å². The van der Waals surface area contributed by atoms with Crippen LogP contribution in [0, 0.1) is 5.92 Å². The number of carbonyl (C=O) groups excluding carboxylic acids is 4. The van der Waals surface area contributed by atoms with Gasteiger partial charge in [-0.2, -0.15) is 0 Å². The first-order chi connectivity index (χ1) is 18.7. The molecule has 0 radical (unpaired) electrons. The van der Waals surface area contributed by atoms with Crippen molar-refractivity contribution in [2.45, 2.75) is 64.3 Å². The summed E-state index contributed by atoms with van der Waals surface area (Å²) in [5.41, 5.74) is 1.67. The number of aliphatic carboxylic acids is 1. The van der Waals surface area contributed by atoms with E-state index < -0.39 is 42.3 Å². The van der Waals surface area contributed by atoms with Crippen LogP contribution in [0.2, 0.25) is 0 Å². The second kappa shape index (κ2) is 14.1. The zero-order valence-corrected chi connectivity index (χ0v) is 22.2. The lowest BCUT2D eigenvalue weighted by Gasteiger charge is -2.31. The summed E-state index contributed by atoms with van der Waals surface area (Å²) in [5.74, 6) is -2.25. The van der Waals surface area contributed by atoms with E-state index in [9.17, 15) is 24.0 Å². The molecule has 0 bridgehead atoms. The van der Waals surface area contributed by atoms with E-state index in [2.05, 4.69) is 10.6 Å². The molecule has 2 aromatic carbocycles. The zero-order valence-electron chi connectivity index (χ0n) is 22.2. The largest absolute Gasteiger partial charge is 0.489 e. The quantitative estimate of drug-likeness (QED) is 0.332. The molecule has 3 N–H and O–H groups in total. The molecule has 3 atom stereocenters. The van der Waals surface area contributed by atoms with E-state index in [-0.39, 0.29) is 18.2 Å². The highest BCUT2D eigenvalue weighted by molar-refractivity contribution is 5.94. The summed E-state index contributed by atoms with van der Waals surface area (Å²) in [6.45, 7) is 4.28. The molecule has 1 aliphatic heterocycles. The maximum Gasteiger partial charge on any atom is 0.305 e. The summed E-state index contributed by atoms with van der Waals surface area (Å²) in [4.78, 5) is 62.9. The lowest BCUT2D eigenvalue weighted by Crippen LogP contribution is -2.56. The number of para-hydroxylation sites is 1. The van der Waals surface area contributed by atoms with Gasteiger partial charge < -0.3 is 30.2 Å². The summed E-state index contributed by atoms with van der Waals surface area (Å²) < 4.78 is 5.95. The molecule has 0 aliphatic carbocycles. The first-order valence-corrected chi connectivity index (χ1v) is 13.0. The number of nitrogens with one attached hydrogen (secondary N) is 2. The first-order valence-electron chi connectivity index (χ1n) is 13.0. The van der Waals surface area contributed by atoms with E-state index in [4.69, 9.17) is 9.84 Å². The van der Waals surface area contributed by atoms with E-state index in [1.807, 2.05) is 42.5 Å². The van der Waals surface area contributed by atoms with Crippen molar-refractivity contribution in [3.8, 4) is 5.75 Å². The van der Waals surface area contributed by atoms with Crippen LogP contribution in [0.5, 0.6) is 5.75 Å². The SMILES string of the molecule is CC(C)[C@H](NC(=O)Cc1ccccc1OCc1ccccc1)C(=O)N1CCCC1C(=O)N[C@H](C=O)CC(=O)O. The molecule has 3 amide bonds. The van der Waals surface area contributed by atoms with Gasteiger partial charge in [0.25, 0.3) is 0 Å². The molecule has 208 valence electrons. The van der Waals surface area contributed by atoms with Crippen molar-refractivity contribution in [3.05, 3.63) is 65.7 Å². The van der Waals surface area contributed by atoms with E-state index in [1.54, 1.807) is 26.0 Å². The summed E-state index contributed by atoms with van der Waals surface area (Å²) >= 11 is 0. The summed E-state index contributed by atoms with van der Waals surface area (Å²) in [5, 5.41) is 14.2. The van der Waals surface area contributed by atoms with Gasteiger partial charge in [-0.15, -0.1) is 0 Å². The van der Waals surface area contributed by atoms with Crippen LogP contribution >= 0.6 is 0 Å². The Hall–Kier alpha value is -4.21. The van der Waals surface area contributed by atoms with E-state index in [0.29, 0.717) is 43.6 Å². The summed E-state index contributed by atoms with van der Waals surface area (Å²) in [6.07, 6.45) is 0.769. The smallest absolute Gasteiger partial charge is 0.305 e. The Kier molecular flexibility index (Phi) is 10.6. The minimum absolute atomic E-state index is 0.00157. The van der Waals surface area contributed by atoms with Gasteiger partial charge in [0.15, 0.2) is 0 Å². The maximum absolute atomic E-state index is 13.5. The first kappa shape index (κ1) is 29.3. The number of likely N-dealkylation sites (tertiary alicyclic amines) is 1. The van der Waals surface area contributed by atoms with E-state index >= 15 is 0 Å². The van der Waals surface area contributed by atoms with Gasteiger partial charge in [0.05, 0.1) is 18.9 Å². The van der Waals surface area contributed by atoms with Crippen molar-refractivity contribution in [2.24, 2.45) is 5.92 Å². The lowest BCUT2D eigenvalue weighted by molar-refractivity contribution is -0.143. The second-order valence-electron chi connectivity index (χ2n) is 9.89. The Morgan fingerprint density at radius 2 is 1.74 bits per heavy atom. The van der Waals surface area contributed by atoms with Gasteiger partial charge in [0.2, 0.25) is 17.7 Å². The fourth-order valence-electron chi connectivity index (χ4n) is 4.52. The number of carbonyl (C=O) groups is 5. The number of amides is 3. The van der Waals surface area contributed by atoms with Gasteiger partial charge in [-0.1, -0.05) is 62.4 Å². The molecule has 10 nitrogen and oxygen atoms in total. The maximum atomic E-state index is 13.5. The average Bonchev–Trinajstić information content (AvgIpc) is 3.41. The van der Waals surface area contributed by atoms with Crippen LogP contribution in [0.15, 0.2) is 54.6 Å². The van der Waals surface area contributed by atoms with Gasteiger partial charge in [-0.3, -0.25) is 19.2 Å². The van der Waals surface area contributed by atoms with Gasteiger partial charge in [-0.25, -0.2) is 0 Å². The number of aldehydes is 1. The number of nitrogens with zero attached hydrogens (tertiary/aromatic N) is 1. The molecule has 1 saturated heterocycles. The summed E-state index contributed by atoms with van der Waals surface area (Å²) in [7, 11) is 0. The molecule has 2 aromatic rings. The predicted molar refractivity (Wildman–Crippen MR) is 143 cm³/mol. The number of rotatable bonds is 13. The molecule has 39 heavy (non-hydrogen) atoms. The van der Waals surface area contributed by atoms with Crippen molar-refractivity contribution in [2.75, 3.05) is 6.54 Å². The van der Waals surface area contributed by atoms with Crippen molar-refractivity contribution >= 4 is 30.0 Å². The van der Waals surface area contributed by atoms with Gasteiger partial charge in [-0.05, 0) is 30.4 Å². The highest BCUT2D eigenvalue weighted by atomic mass is 16.5. The Labute approximate surface area is 227 Å². The molecule has 1 heterocycles. The highest BCUT2D eigenvalue weighted by Gasteiger charge is 2.39. The average molecular weight is 538 g/mol. The van der Waals surface area contributed by atoms with Crippen LogP contribution in [0.25, 0.3) is 0 Å². The molecule has 1 aliphatic rings. The Morgan fingerprint density at radius 1 is 1.05 bits per heavy atom. The van der Waals surface area contributed by atoms with Crippen molar-refractivity contribution < 1.29 is 33.8 Å². The number of ether oxygens (including phenoxy) is 1. The number of hydrogen-bond donors (Lipinski definition) is 3. The molecule has 0 saturated carbocycles. The van der Waals surface area contributed by atoms with Crippen LogP contribution in [0.1, 0.15) is 44.2 Å².